The van der Waals surface area contributed by atoms with Crippen LogP contribution in [0.3, 0.4) is 0 Å². The number of alkyl halides is 3. The topological polar surface area (TPSA) is 72.7 Å². The van der Waals surface area contributed by atoms with E-state index in [-0.39, 0.29) is 11.6 Å². The monoisotopic (exact) mass is 383 g/mol. The number of benzene rings is 1. The summed E-state index contributed by atoms with van der Waals surface area (Å²) in [4.78, 5) is 20.6. The first-order valence-corrected chi connectivity index (χ1v) is 8.17. The lowest BCUT2D eigenvalue weighted by molar-refractivity contribution is -0.143. The van der Waals surface area contributed by atoms with Crippen LogP contribution in [0.15, 0.2) is 67.1 Å². The minimum absolute atomic E-state index is 0.0443. The van der Waals surface area contributed by atoms with Crippen molar-refractivity contribution in [1.29, 1.82) is 0 Å². The lowest BCUT2D eigenvalue weighted by Gasteiger charge is -2.12. The van der Waals surface area contributed by atoms with E-state index in [2.05, 4.69) is 20.4 Å². The van der Waals surface area contributed by atoms with Gasteiger partial charge in [0.2, 0.25) is 0 Å². The molecule has 0 atom stereocenters. The highest BCUT2D eigenvalue weighted by molar-refractivity contribution is 6.08. The van der Waals surface area contributed by atoms with Gasteiger partial charge in [0.15, 0.2) is 11.5 Å². The number of anilines is 1. The molecule has 4 rings (SSSR count). The summed E-state index contributed by atoms with van der Waals surface area (Å²) in [6.45, 7) is 0. The third kappa shape index (κ3) is 3.18. The number of carbonyl (C=O) groups is 1. The maximum atomic E-state index is 13.7. The number of fused-ring (bicyclic) bond motifs is 1. The SMILES string of the molecule is O=C(Nc1nccc2ccccc12)c1cnn(-c2ccccn2)c1C(F)(F)F. The Balaban J connectivity index is 1.77. The number of halogens is 3. The molecule has 3 heterocycles. The number of hydrogen-bond acceptors (Lipinski definition) is 4. The van der Waals surface area contributed by atoms with Crippen LogP contribution in [0.2, 0.25) is 0 Å². The molecule has 0 aliphatic heterocycles. The Bertz CT molecular complexity index is 1150. The van der Waals surface area contributed by atoms with E-state index in [4.69, 9.17) is 0 Å². The van der Waals surface area contributed by atoms with Crippen LogP contribution in [-0.2, 0) is 6.18 Å². The number of amides is 1. The fourth-order valence-electron chi connectivity index (χ4n) is 2.83. The van der Waals surface area contributed by atoms with Crippen LogP contribution in [0, 0.1) is 0 Å². The van der Waals surface area contributed by atoms with Gasteiger partial charge in [-0.05, 0) is 23.6 Å². The second-order valence-electron chi connectivity index (χ2n) is 5.84. The van der Waals surface area contributed by atoms with Crippen molar-refractivity contribution in [2.24, 2.45) is 0 Å². The van der Waals surface area contributed by atoms with Crippen molar-refractivity contribution in [1.82, 2.24) is 19.7 Å². The number of aromatic nitrogens is 4. The minimum atomic E-state index is -4.81. The van der Waals surface area contributed by atoms with Gasteiger partial charge in [0.05, 0.1) is 11.8 Å². The predicted octanol–water partition coefficient (Wildman–Crippen LogP) is 4.09. The molecular formula is C19H12F3N5O. The summed E-state index contributed by atoms with van der Waals surface area (Å²) in [5.41, 5.74) is -1.82. The van der Waals surface area contributed by atoms with E-state index in [1.54, 1.807) is 24.3 Å². The highest BCUT2D eigenvalue weighted by atomic mass is 19.4. The Morgan fingerprint density at radius 1 is 0.964 bits per heavy atom. The molecule has 0 bridgehead atoms. The van der Waals surface area contributed by atoms with Crippen molar-refractivity contribution in [2.45, 2.75) is 6.18 Å². The Labute approximate surface area is 156 Å². The maximum absolute atomic E-state index is 13.7. The first kappa shape index (κ1) is 17.7. The van der Waals surface area contributed by atoms with Gasteiger partial charge < -0.3 is 5.32 Å². The van der Waals surface area contributed by atoms with Gasteiger partial charge in [-0.1, -0.05) is 30.3 Å². The number of pyridine rings is 2. The molecule has 28 heavy (non-hydrogen) atoms. The molecule has 1 N–H and O–H groups in total. The Morgan fingerprint density at radius 3 is 2.50 bits per heavy atom. The van der Waals surface area contributed by atoms with Gasteiger partial charge in [0, 0.05) is 17.8 Å². The summed E-state index contributed by atoms with van der Waals surface area (Å²) in [6.07, 6.45) is -1.12. The van der Waals surface area contributed by atoms with Gasteiger partial charge in [-0.25, -0.2) is 14.6 Å². The zero-order valence-electron chi connectivity index (χ0n) is 14.2. The van der Waals surface area contributed by atoms with Crippen molar-refractivity contribution in [2.75, 3.05) is 5.32 Å². The first-order chi connectivity index (χ1) is 13.4. The molecule has 0 spiro atoms. The van der Waals surface area contributed by atoms with E-state index in [0.29, 0.717) is 10.1 Å². The second kappa shape index (κ2) is 6.76. The first-order valence-electron chi connectivity index (χ1n) is 8.17. The summed E-state index contributed by atoms with van der Waals surface area (Å²) in [5, 5.41) is 7.60. The minimum Gasteiger partial charge on any atom is -0.306 e. The summed E-state index contributed by atoms with van der Waals surface area (Å²) in [5.74, 6) is -0.836. The molecule has 9 heteroatoms. The van der Waals surface area contributed by atoms with E-state index in [9.17, 15) is 18.0 Å². The summed E-state index contributed by atoms with van der Waals surface area (Å²) in [7, 11) is 0. The lowest BCUT2D eigenvalue weighted by atomic mass is 10.1. The quantitative estimate of drug-likeness (QED) is 0.578. The Morgan fingerprint density at radius 2 is 1.75 bits per heavy atom. The highest BCUT2D eigenvalue weighted by Crippen LogP contribution is 2.34. The largest absolute Gasteiger partial charge is 0.434 e. The van der Waals surface area contributed by atoms with E-state index >= 15 is 0 Å². The van der Waals surface area contributed by atoms with Gasteiger partial charge in [0.25, 0.3) is 5.91 Å². The van der Waals surface area contributed by atoms with Crippen molar-refractivity contribution >= 4 is 22.5 Å². The molecule has 140 valence electrons. The summed E-state index contributed by atoms with van der Waals surface area (Å²) in [6, 6.07) is 13.3. The van der Waals surface area contributed by atoms with Crippen molar-refractivity contribution in [3.05, 3.63) is 78.4 Å². The Hall–Kier alpha value is -3.75. The van der Waals surface area contributed by atoms with Crippen LogP contribution < -0.4 is 5.32 Å². The molecule has 0 aliphatic carbocycles. The van der Waals surface area contributed by atoms with E-state index in [1.165, 1.54) is 24.5 Å². The zero-order valence-corrected chi connectivity index (χ0v) is 14.2. The molecule has 0 fully saturated rings. The normalized spacial score (nSPS) is 11.5. The van der Waals surface area contributed by atoms with Crippen LogP contribution in [0.4, 0.5) is 19.0 Å². The van der Waals surface area contributed by atoms with E-state index in [0.717, 1.165) is 11.6 Å². The van der Waals surface area contributed by atoms with E-state index in [1.807, 2.05) is 12.1 Å². The fourth-order valence-corrected chi connectivity index (χ4v) is 2.83. The number of hydrogen-bond donors (Lipinski definition) is 1. The Kier molecular flexibility index (Phi) is 4.26. The number of nitrogens with one attached hydrogen (secondary N) is 1. The van der Waals surface area contributed by atoms with Crippen LogP contribution in [0.5, 0.6) is 0 Å². The molecule has 0 unspecified atom stereocenters. The highest BCUT2D eigenvalue weighted by Gasteiger charge is 2.41. The molecule has 0 aliphatic rings. The molecule has 0 radical (unpaired) electrons. The third-order valence-electron chi connectivity index (χ3n) is 4.05. The van der Waals surface area contributed by atoms with Crippen molar-refractivity contribution in [3.63, 3.8) is 0 Å². The van der Waals surface area contributed by atoms with Gasteiger partial charge in [-0.2, -0.15) is 18.3 Å². The number of nitrogens with zero attached hydrogens (tertiary/aromatic N) is 4. The lowest BCUT2D eigenvalue weighted by Crippen LogP contribution is -2.21. The molecule has 0 saturated heterocycles. The van der Waals surface area contributed by atoms with Gasteiger partial charge in [-0.15, -0.1) is 0 Å². The molecule has 3 aromatic heterocycles. The molecule has 1 aromatic carbocycles. The van der Waals surface area contributed by atoms with Crippen molar-refractivity contribution in [3.8, 4) is 5.82 Å². The molecule has 1 amide bonds. The van der Waals surface area contributed by atoms with Crippen LogP contribution in [0.25, 0.3) is 16.6 Å². The number of rotatable bonds is 3. The maximum Gasteiger partial charge on any atom is 0.434 e. The number of carbonyl (C=O) groups excluding carboxylic acids is 1. The smallest absolute Gasteiger partial charge is 0.306 e. The zero-order chi connectivity index (χ0) is 19.7. The molecular weight excluding hydrogens is 371 g/mol. The molecule has 4 aromatic rings. The summed E-state index contributed by atoms with van der Waals surface area (Å²) < 4.78 is 41.7. The molecule has 0 saturated carbocycles. The average molecular weight is 383 g/mol. The van der Waals surface area contributed by atoms with E-state index < -0.39 is 23.3 Å². The average Bonchev–Trinajstić information content (AvgIpc) is 3.15. The van der Waals surface area contributed by atoms with Gasteiger partial charge in [-0.3, -0.25) is 4.79 Å². The van der Waals surface area contributed by atoms with Crippen LogP contribution >= 0.6 is 0 Å². The van der Waals surface area contributed by atoms with Gasteiger partial charge in [0.1, 0.15) is 5.82 Å². The van der Waals surface area contributed by atoms with Crippen LogP contribution in [0.1, 0.15) is 16.1 Å². The predicted molar refractivity (Wildman–Crippen MR) is 96.1 cm³/mol. The van der Waals surface area contributed by atoms with Crippen molar-refractivity contribution < 1.29 is 18.0 Å². The molecule has 6 nitrogen and oxygen atoms in total. The fraction of sp³-hybridized carbons (Fsp3) is 0.0526. The third-order valence-corrected chi connectivity index (χ3v) is 4.05. The second-order valence-corrected chi connectivity index (χ2v) is 5.84. The van der Waals surface area contributed by atoms with Crippen LogP contribution in [-0.4, -0.2) is 25.7 Å². The summed E-state index contributed by atoms with van der Waals surface area (Å²) >= 11 is 0. The van der Waals surface area contributed by atoms with Gasteiger partial charge >= 0.3 is 6.18 Å². The standard InChI is InChI=1S/C19H12F3N5O/c20-19(21,22)16-14(11-25-27(16)15-7-3-4-9-23-15)18(28)26-17-13-6-2-1-5-12(13)8-10-24-17/h1-11H,(H,24,26,28).